The Morgan fingerprint density at radius 2 is 2.08 bits per heavy atom. The second-order valence-electron chi connectivity index (χ2n) is 3.67. The highest BCUT2D eigenvalue weighted by molar-refractivity contribution is 8.21. The van der Waals surface area contributed by atoms with Crippen LogP contribution in [0.5, 0.6) is 0 Å². The van der Waals surface area contributed by atoms with E-state index in [9.17, 15) is 5.11 Å². The van der Waals surface area contributed by atoms with Crippen LogP contribution in [0.4, 0.5) is 0 Å². The first-order chi connectivity index (χ1) is 6.22. The van der Waals surface area contributed by atoms with Crippen molar-refractivity contribution in [2.24, 2.45) is 0 Å². The van der Waals surface area contributed by atoms with E-state index >= 15 is 0 Å². The highest BCUT2D eigenvalue weighted by atomic mass is 32.2. The molecular weight excluding hydrogens is 200 g/mol. The average Bonchev–Trinajstić information content (AvgIpc) is 2.73. The third-order valence-corrected chi connectivity index (χ3v) is 6.96. The standard InChI is InChI=1S/C10H16OS2/c1-2-10(12-7-8-13-10)9(11)5-3-4-6-9/h3,5,11H,2,4,6-8H2,1H3. The molecule has 1 N–H and O–H groups in total. The Morgan fingerprint density at radius 3 is 2.54 bits per heavy atom. The molecule has 1 nitrogen and oxygen atoms in total. The lowest BCUT2D eigenvalue weighted by molar-refractivity contribution is 0.0769. The van der Waals surface area contributed by atoms with Crippen molar-refractivity contribution in [3.8, 4) is 0 Å². The summed E-state index contributed by atoms with van der Waals surface area (Å²) in [6.45, 7) is 2.19. The van der Waals surface area contributed by atoms with E-state index in [1.807, 2.05) is 29.6 Å². The summed E-state index contributed by atoms with van der Waals surface area (Å²) in [5, 5.41) is 10.5. The quantitative estimate of drug-likeness (QED) is 0.717. The third kappa shape index (κ3) is 1.45. The van der Waals surface area contributed by atoms with E-state index in [4.69, 9.17) is 0 Å². The van der Waals surface area contributed by atoms with Gasteiger partial charge < -0.3 is 5.11 Å². The van der Waals surface area contributed by atoms with E-state index in [0.29, 0.717) is 0 Å². The van der Waals surface area contributed by atoms with Gasteiger partial charge in [-0.2, -0.15) is 0 Å². The number of rotatable bonds is 2. The van der Waals surface area contributed by atoms with Crippen LogP contribution in [0.3, 0.4) is 0 Å². The molecule has 1 aliphatic heterocycles. The van der Waals surface area contributed by atoms with Crippen LogP contribution in [0.15, 0.2) is 12.2 Å². The van der Waals surface area contributed by atoms with Crippen molar-refractivity contribution in [1.82, 2.24) is 0 Å². The van der Waals surface area contributed by atoms with Crippen LogP contribution < -0.4 is 0 Å². The monoisotopic (exact) mass is 216 g/mol. The first-order valence-corrected chi connectivity index (χ1v) is 6.87. The van der Waals surface area contributed by atoms with Gasteiger partial charge in [0.05, 0.1) is 4.08 Å². The van der Waals surface area contributed by atoms with Gasteiger partial charge in [0.1, 0.15) is 5.60 Å². The highest BCUT2D eigenvalue weighted by Crippen LogP contribution is 2.56. The van der Waals surface area contributed by atoms with Gasteiger partial charge in [-0.1, -0.05) is 19.1 Å². The molecule has 0 amide bonds. The molecule has 1 saturated heterocycles. The number of hydrogen-bond donors (Lipinski definition) is 1. The zero-order chi connectivity index (χ0) is 9.36. The number of allylic oxidation sites excluding steroid dienone is 1. The molecule has 1 heterocycles. The third-order valence-electron chi connectivity index (χ3n) is 2.96. The molecule has 2 aliphatic rings. The molecule has 1 aliphatic carbocycles. The summed E-state index contributed by atoms with van der Waals surface area (Å²) < 4.78 is 0.0556. The van der Waals surface area contributed by atoms with E-state index in [2.05, 4.69) is 13.0 Å². The van der Waals surface area contributed by atoms with Gasteiger partial charge in [-0.15, -0.1) is 23.5 Å². The molecule has 74 valence electrons. The van der Waals surface area contributed by atoms with E-state index < -0.39 is 5.60 Å². The summed E-state index contributed by atoms with van der Waals surface area (Å²) in [5.74, 6) is 2.38. The second-order valence-corrected chi connectivity index (χ2v) is 6.71. The van der Waals surface area contributed by atoms with Gasteiger partial charge in [0, 0.05) is 11.5 Å². The van der Waals surface area contributed by atoms with E-state index in [1.165, 1.54) is 11.5 Å². The number of hydrogen-bond acceptors (Lipinski definition) is 3. The molecule has 3 heteroatoms. The zero-order valence-corrected chi connectivity index (χ0v) is 9.59. The van der Waals surface area contributed by atoms with Crippen LogP contribution in [0, 0.1) is 0 Å². The van der Waals surface area contributed by atoms with Crippen molar-refractivity contribution in [2.45, 2.75) is 35.9 Å². The molecule has 0 saturated carbocycles. The Bertz CT molecular complexity index is 221. The predicted octanol–water partition coefficient (Wildman–Crippen LogP) is 2.65. The maximum atomic E-state index is 10.5. The molecule has 0 aromatic rings. The first kappa shape index (κ1) is 9.94. The van der Waals surface area contributed by atoms with Crippen LogP contribution in [0.2, 0.25) is 0 Å². The van der Waals surface area contributed by atoms with Gasteiger partial charge in [0.25, 0.3) is 0 Å². The molecule has 0 aromatic carbocycles. The fourth-order valence-electron chi connectivity index (χ4n) is 2.20. The Labute approximate surface area is 88.4 Å². The van der Waals surface area contributed by atoms with E-state index in [1.54, 1.807) is 0 Å². The molecule has 0 aromatic heterocycles. The molecule has 0 bridgehead atoms. The summed E-state index contributed by atoms with van der Waals surface area (Å²) in [5.41, 5.74) is -0.534. The summed E-state index contributed by atoms with van der Waals surface area (Å²) in [7, 11) is 0. The van der Waals surface area contributed by atoms with Gasteiger partial charge in [-0.25, -0.2) is 0 Å². The minimum Gasteiger partial charge on any atom is -0.383 e. The van der Waals surface area contributed by atoms with Gasteiger partial charge in [-0.3, -0.25) is 0 Å². The Morgan fingerprint density at radius 1 is 1.38 bits per heavy atom. The minimum absolute atomic E-state index is 0.0556. The Hall–Kier alpha value is 0.400. The highest BCUT2D eigenvalue weighted by Gasteiger charge is 2.51. The molecule has 0 spiro atoms. The topological polar surface area (TPSA) is 20.2 Å². The molecule has 13 heavy (non-hydrogen) atoms. The van der Waals surface area contributed by atoms with Gasteiger partial charge in [-0.05, 0) is 19.3 Å². The van der Waals surface area contributed by atoms with Crippen molar-refractivity contribution in [3.63, 3.8) is 0 Å². The second kappa shape index (κ2) is 3.52. The normalized spacial score (nSPS) is 37.1. The lowest BCUT2D eigenvalue weighted by atomic mass is 9.96. The largest absolute Gasteiger partial charge is 0.383 e. The van der Waals surface area contributed by atoms with E-state index in [0.717, 1.165) is 19.3 Å². The Balaban J connectivity index is 2.24. The smallest absolute Gasteiger partial charge is 0.107 e. The lowest BCUT2D eigenvalue weighted by Gasteiger charge is -2.39. The first-order valence-electron chi connectivity index (χ1n) is 4.90. The summed E-state index contributed by atoms with van der Waals surface area (Å²) in [6.07, 6.45) is 7.17. The Kier molecular flexibility index (Phi) is 2.69. The number of thioether (sulfide) groups is 2. The van der Waals surface area contributed by atoms with Crippen LogP contribution in [0.25, 0.3) is 0 Å². The summed E-state index contributed by atoms with van der Waals surface area (Å²) in [4.78, 5) is 0. The average molecular weight is 216 g/mol. The van der Waals surface area contributed by atoms with Crippen LogP contribution in [-0.4, -0.2) is 26.3 Å². The molecule has 0 radical (unpaired) electrons. The maximum Gasteiger partial charge on any atom is 0.107 e. The SMILES string of the molecule is CCC1(C2(O)C=CCC2)SCCS1. The maximum absolute atomic E-state index is 10.5. The van der Waals surface area contributed by atoms with Gasteiger partial charge in [0.2, 0.25) is 0 Å². The zero-order valence-electron chi connectivity index (χ0n) is 7.95. The van der Waals surface area contributed by atoms with Crippen LogP contribution in [-0.2, 0) is 0 Å². The van der Waals surface area contributed by atoms with Crippen molar-refractivity contribution >= 4 is 23.5 Å². The van der Waals surface area contributed by atoms with Crippen molar-refractivity contribution in [3.05, 3.63) is 12.2 Å². The number of aliphatic hydroxyl groups is 1. The molecular formula is C10H16OS2. The molecule has 1 atom stereocenters. The summed E-state index contributed by atoms with van der Waals surface area (Å²) in [6, 6.07) is 0. The molecule has 1 unspecified atom stereocenters. The van der Waals surface area contributed by atoms with Crippen molar-refractivity contribution in [1.29, 1.82) is 0 Å². The fourth-order valence-corrected chi connectivity index (χ4v) is 5.61. The molecule has 2 rings (SSSR count). The van der Waals surface area contributed by atoms with Gasteiger partial charge in [0.15, 0.2) is 0 Å². The minimum atomic E-state index is -0.534. The van der Waals surface area contributed by atoms with Crippen molar-refractivity contribution < 1.29 is 5.11 Å². The molecule has 1 fully saturated rings. The fraction of sp³-hybridized carbons (Fsp3) is 0.800. The van der Waals surface area contributed by atoms with Crippen molar-refractivity contribution in [2.75, 3.05) is 11.5 Å². The van der Waals surface area contributed by atoms with E-state index in [-0.39, 0.29) is 4.08 Å². The predicted molar refractivity (Wildman–Crippen MR) is 61.3 cm³/mol. The van der Waals surface area contributed by atoms with Crippen LogP contribution >= 0.6 is 23.5 Å². The van der Waals surface area contributed by atoms with Crippen LogP contribution in [0.1, 0.15) is 26.2 Å². The summed E-state index contributed by atoms with van der Waals surface area (Å²) >= 11 is 3.90. The van der Waals surface area contributed by atoms with Gasteiger partial charge >= 0.3 is 0 Å². The lowest BCUT2D eigenvalue weighted by Crippen LogP contribution is -2.44.